The molecule has 7 nitrogen and oxygen atoms in total. The van der Waals surface area contributed by atoms with Gasteiger partial charge in [-0.1, -0.05) is 0 Å². The third-order valence-electron chi connectivity index (χ3n) is 4.20. The summed E-state index contributed by atoms with van der Waals surface area (Å²) in [7, 11) is 1.53. The molecular formula is C18H21FN4O3. The van der Waals surface area contributed by atoms with Gasteiger partial charge in [0.1, 0.15) is 11.9 Å². The lowest BCUT2D eigenvalue weighted by Gasteiger charge is -2.29. The Morgan fingerprint density at radius 3 is 2.50 bits per heavy atom. The molecule has 0 bridgehead atoms. The number of methoxy groups -OCH3 is 1. The highest BCUT2D eigenvalue weighted by Crippen LogP contribution is 2.23. The molecule has 0 atom stereocenters. The maximum Gasteiger partial charge on any atom is 0.319 e. The molecular weight excluding hydrogens is 339 g/mol. The molecule has 0 radical (unpaired) electrons. The van der Waals surface area contributed by atoms with Gasteiger partial charge in [-0.25, -0.2) is 9.18 Å². The second-order valence-corrected chi connectivity index (χ2v) is 6.10. The number of hydrogen-bond donors (Lipinski definition) is 2. The van der Waals surface area contributed by atoms with E-state index in [0.29, 0.717) is 17.4 Å². The first-order valence-electron chi connectivity index (χ1n) is 8.48. The third-order valence-corrected chi connectivity index (χ3v) is 4.20. The van der Waals surface area contributed by atoms with Crippen molar-refractivity contribution in [3.8, 4) is 11.8 Å². The van der Waals surface area contributed by atoms with Gasteiger partial charge in [-0.2, -0.15) is 4.98 Å². The van der Waals surface area contributed by atoms with Crippen LogP contribution in [0.2, 0.25) is 0 Å². The summed E-state index contributed by atoms with van der Waals surface area (Å²) in [6, 6.07) is 5.44. The van der Waals surface area contributed by atoms with Gasteiger partial charge in [0.25, 0.3) is 0 Å². The van der Waals surface area contributed by atoms with E-state index in [1.165, 1.54) is 37.6 Å². The molecule has 8 heteroatoms. The highest BCUT2D eigenvalue weighted by Gasteiger charge is 2.24. The number of carbonyl (C=O) groups is 1. The lowest BCUT2D eigenvalue weighted by Crippen LogP contribution is -2.41. The minimum atomic E-state index is -0.338. The number of amides is 2. The minimum Gasteiger partial charge on any atom is -0.480 e. The fraction of sp³-hybridized carbons (Fsp3) is 0.389. The molecule has 1 fully saturated rings. The van der Waals surface area contributed by atoms with Crippen molar-refractivity contribution >= 4 is 11.7 Å². The smallest absolute Gasteiger partial charge is 0.319 e. The predicted molar refractivity (Wildman–Crippen MR) is 93.8 cm³/mol. The summed E-state index contributed by atoms with van der Waals surface area (Å²) in [6.07, 6.45) is 6.34. The van der Waals surface area contributed by atoms with Gasteiger partial charge in [-0.05, 0) is 49.9 Å². The highest BCUT2D eigenvalue weighted by molar-refractivity contribution is 5.89. The zero-order valence-corrected chi connectivity index (χ0v) is 14.4. The molecule has 138 valence electrons. The number of aromatic nitrogens is 2. The SMILES string of the molecule is COc1cncc(OC2CCC(NC(=O)Nc3ccc(F)cc3)CC2)n1. The van der Waals surface area contributed by atoms with E-state index in [4.69, 9.17) is 9.47 Å². The topological polar surface area (TPSA) is 85.4 Å². The molecule has 2 N–H and O–H groups in total. The molecule has 1 aliphatic carbocycles. The minimum absolute atomic E-state index is 0.0367. The quantitative estimate of drug-likeness (QED) is 0.856. The molecule has 1 aromatic heterocycles. The predicted octanol–water partition coefficient (Wildman–Crippen LogP) is 3.14. The molecule has 1 aliphatic rings. The monoisotopic (exact) mass is 360 g/mol. The number of benzene rings is 1. The lowest BCUT2D eigenvalue weighted by atomic mass is 9.93. The largest absolute Gasteiger partial charge is 0.480 e. The molecule has 0 saturated heterocycles. The van der Waals surface area contributed by atoms with Crippen molar-refractivity contribution < 1.29 is 18.7 Å². The number of ether oxygens (including phenoxy) is 2. The average Bonchev–Trinajstić information content (AvgIpc) is 2.65. The number of hydrogen-bond acceptors (Lipinski definition) is 5. The van der Waals surface area contributed by atoms with Gasteiger partial charge in [0.15, 0.2) is 0 Å². The Balaban J connectivity index is 1.43. The average molecular weight is 360 g/mol. The van der Waals surface area contributed by atoms with Gasteiger partial charge in [-0.15, -0.1) is 0 Å². The molecule has 0 unspecified atom stereocenters. The molecule has 2 amide bonds. The van der Waals surface area contributed by atoms with Gasteiger partial charge in [0, 0.05) is 11.7 Å². The Bertz CT molecular complexity index is 733. The summed E-state index contributed by atoms with van der Waals surface area (Å²) in [5, 5.41) is 5.64. The fourth-order valence-electron chi connectivity index (χ4n) is 2.87. The van der Waals surface area contributed by atoms with Crippen LogP contribution in [0, 0.1) is 5.82 Å². The van der Waals surface area contributed by atoms with Crippen molar-refractivity contribution in [2.45, 2.75) is 37.8 Å². The molecule has 1 heterocycles. The van der Waals surface area contributed by atoms with Crippen LogP contribution in [0.25, 0.3) is 0 Å². The Hall–Kier alpha value is -2.90. The number of nitrogens with one attached hydrogen (secondary N) is 2. The Labute approximate surface area is 150 Å². The molecule has 1 saturated carbocycles. The molecule has 0 spiro atoms. The van der Waals surface area contributed by atoms with Crippen LogP contribution in [-0.4, -0.2) is 35.3 Å². The summed E-state index contributed by atoms with van der Waals surface area (Å²) < 4.78 is 23.7. The lowest BCUT2D eigenvalue weighted by molar-refractivity contribution is 0.134. The summed E-state index contributed by atoms with van der Waals surface area (Å²) in [4.78, 5) is 20.2. The first-order chi connectivity index (χ1) is 12.6. The third kappa shape index (κ3) is 5.05. The van der Waals surface area contributed by atoms with Crippen LogP contribution < -0.4 is 20.1 Å². The van der Waals surface area contributed by atoms with Crippen molar-refractivity contribution in [3.05, 3.63) is 42.5 Å². The van der Waals surface area contributed by atoms with Gasteiger partial charge in [-0.3, -0.25) is 4.98 Å². The van der Waals surface area contributed by atoms with E-state index in [2.05, 4.69) is 20.6 Å². The van der Waals surface area contributed by atoms with Crippen molar-refractivity contribution in [2.24, 2.45) is 0 Å². The maximum atomic E-state index is 12.9. The zero-order valence-electron chi connectivity index (χ0n) is 14.4. The van der Waals surface area contributed by atoms with Crippen LogP contribution in [0.1, 0.15) is 25.7 Å². The van der Waals surface area contributed by atoms with E-state index in [1.807, 2.05) is 0 Å². The standard InChI is InChI=1S/C18H21FN4O3/c1-25-16-10-20-11-17(23-16)26-15-8-6-14(7-9-15)22-18(24)21-13-4-2-12(19)3-5-13/h2-5,10-11,14-15H,6-9H2,1H3,(H2,21,22,24). The first-order valence-corrected chi connectivity index (χ1v) is 8.48. The normalized spacial score (nSPS) is 19.5. The van der Waals surface area contributed by atoms with Gasteiger partial charge in [0.05, 0.1) is 19.5 Å². The number of urea groups is 1. The molecule has 0 aliphatic heterocycles. The Morgan fingerprint density at radius 2 is 1.81 bits per heavy atom. The summed E-state index contributed by atoms with van der Waals surface area (Å²) in [5.41, 5.74) is 0.553. The second-order valence-electron chi connectivity index (χ2n) is 6.10. The van der Waals surface area contributed by atoms with E-state index in [-0.39, 0.29) is 24.0 Å². The number of nitrogens with zero attached hydrogens (tertiary/aromatic N) is 2. The van der Waals surface area contributed by atoms with Crippen LogP contribution in [0.3, 0.4) is 0 Å². The number of anilines is 1. The number of rotatable bonds is 5. The van der Waals surface area contributed by atoms with E-state index in [1.54, 1.807) is 6.20 Å². The summed E-state index contributed by atoms with van der Waals surface area (Å²) in [5.74, 6) is 0.514. The van der Waals surface area contributed by atoms with E-state index in [9.17, 15) is 9.18 Å². The van der Waals surface area contributed by atoms with Crippen LogP contribution >= 0.6 is 0 Å². The summed E-state index contributed by atoms with van der Waals surface area (Å²) in [6.45, 7) is 0. The van der Waals surface area contributed by atoms with Crippen LogP contribution in [0.4, 0.5) is 14.9 Å². The van der Waals surface area contributed by atoms with Crippen molar-refractivity contribution in [1.29, 1.82) is 0 Å². The van der Waals surface area contributed by atoms with Crippen LogP contribution in [0.15, 0.2) is 36.7 Å². The summed E-state index contributed by atoms with van der Waals surface area (Å²) >= 11 is 0. The molecule has 26 heavy (non-hydrogen) atoms. The molecule has 3 rings (SSSR count). The van der Waals surface area contributed by atoms with Crippen molar-refractivity contribution in [1.82, 2.24) is 15.3 Å². The van der Waals surface area contributed by atoms with Gasteiger partial charge >= 0.3 is 6.03 Å². The first kappa shape index (κ1) is 17.9. The fourth-order valence-corrected chi connectivity index (χ4v) is 2.87. The zero-order chi connectivity index (χ0) is 18.4. The number of carbonyl (C=O) groups excluding carboxylic acids is 1. The van der Waals surface area contributed by atoms with E-state index >= 15 is 0 Å². The number of halogens is 1. The molecule has 2 aromatic rings. The van der Waals surface area contributed by atoms with E-state index in [0.717, 1.165) is 25.7 Å². The van der Waals surface area contributed by atoms with Crippen LogP contribution in [0.5, 0.6) is 11.8 Å². The highest BCUT2D eigenvalue weighted by atomic mass is 19.1. The molecule has 1 aromatic carbocycles. The van der Waals surface area contributed by atoms with E-state index < -0.39 is 0 Å². The van der Waals surface area contributed by atoms with Crippen LogP contribution in [-0.2, 0) is 0 Å². The van der Waals surface area contributed by atoms with Gasteiger partial charge < -0.3 is 20.1 Å². The Morgan fingerprint density at radius 1 is 1.12 bits per heavy atom. The Kier molecular flexibility index (Phi) is 5.83. The van der Waals surface area contributed by atoms with Crippen molar-refractivity contribution in [3.63, 3.8) is 0 Å². The maximum absolute atomic E-state index is 12.9. The van der Waals surface area contributed by atoms with Gasteiger partial charge in [0.2, 0.25) is 11.8 Å². The second kappa shape index (κ2) is 8.46. The van der Waals surface area contributed by atoms with Crippen molar-refractivity contribution in [2.75, 3.05) is 12.4 Å².